The molecule has 4 rings (SSSR count). The van der Waals surface area contributed by atoms with Crippen LogP contribution in [0.1, 0.15) is 37.4 Å². The number of imide groups is 1. The number of thioether (sulfide) groups is 1. The molecule has 0 unspecified atom stereocenters. The van der Waals surface area contributed by atoms with E-state index in [4.69, 9.17) is 0 Å². The maximum Gasteiger partial charge on any atom is 0.337 e. The van der Waals surface area contributed by atoms with E-state index in [1.165, 1.54) is 18.1 Å². The van der Waals surface area contributed by atoms with Crippen LogP contribution in [-0.2, 0) is 16.1 Å². The summed E-state index contributed by atoms with van der Waals surface area (Å²) in [6, 6.07) is 21.1. The van der Waals surface area contributed by atoms with Crippen molar-refractivity contribution in [3.8, 4) is 0 Å². The second kappa shape index (κ2) is 11.3. The van der Waals surface area contributed by atoms with Crippen LogP contribution in [0.3, 0.4) is 0 Å². The van der Waals surface area contributed by atoms with Crippen LogP contribution in [-0.4, -0.2) is 34.9 Å². The molecular weight excluding hydrogens is 542 g/mol. The van der Waals surface area contributed by atoms with Crippen LogP contribution in [0, 0.1) is 0 Å². The lowest BCUT2D eigenvalue weighted by Gasteiger charge is -2.12. The standard InChI is InChI=1S/C28H20BrNO5S/c1-35-27(33)21-13-10-20(11-14-21)17-30-26(32)25(36-28(30)34)16-19-8-6-18(7-9-19)12-15-24(31)22-4-2-3-5-23(22)29/h2-16H,17H2,1H3/b15-12+,25-16-. The molecule has 1 fully saturated rings. The predicted octanol–water partition coefficient (Wildman–Crippen LogP) is 6.37. The summed E-state index contributed by atoms with van der Waals surface area (Å²) in [7, 11) is 1.30. The highest BCUT2D eigenvalue weighted by Crippen LogP contribution is 2.33. The molecule has 1 aliphatic heterocycles. The topological polar surface area (TPSA) is 80.8 Å². The van der Waals surface area contributed by atoms with Crippen molar-refractivity contribution < 1.29 is 23.9 Å². The molecule has 36 heavy (non-hydrogen) atoms. The molecule has 180 valence electrons. The Morgan fingerprint density at radius 3 is 2.28 bits per heavy atom. The summed E-state index contributed by atoms with van der Waals surface area (Å²) in [4.78, 5) is 50.8. The molecule has 0 saturated carbocycles. The molecule has 0 aromatic heterocycles. The molecule has 1 heterocycles. The fourth-order valence-corrected chi connectivity index (χ4v) is 4.78. The van der Waals surface area contributed by atoms with Crippen molar-refractivity contribution >= 4 is 62.7 Å². The lowest BCUT2D eigenvalue weighted by molar-refractivity contribution is -0.123. The molecule has 3 aromatic carbocycles. The van der Waals surface area contributed by atoms with Gasteiger partial charge in [0.2, 0.25) is 0 Å². The summed E-state index contributed by atoms with van der Waals surface area (Å²) < 4.78 is 5.42. The average Bonchev–Trinajstić information content (AvgIpc) is 3.15. The smallest absolute Gasteiger partial charge is 0.337 e. The third-order valence-electron chi connectivity index (χ3n) is 5.39. The quantitative estimate of drug-likeness (QED) is 0.189. The van der Waals surface area contributed by atoms with E-state index in [0.717, 1.165) is 32.9 Å². The lowest BCUT2D eigenvalue weighted by Crippen LogP contribution is -2.27. The van der Waals surface area contributed by atoms with Gasteiger partial charge in [0.25, 0.3) is 11.1 Å². The molecule has 0 bridgehead atoms. The van der Waals surface area contributed by atoms with Crippen molar-refractivity contribution in [2.24, 2.45) is 0 Å². The van der Waals surface area contributed by atoms with Crippen LogP contribution >= 0.6 is 27.7 Å². The van der Waals surface area contributed by atoms with E-state index in [1.54, 1.807) is 42.5 Å². The van der Waals surface area contributed by atoms with Gasteiger partial charge in [0.1, 0.15) is 0 Å². The van der Waals surface area contributed by atoms with Gasteiger partial charge >= 0.3 is 5.97 Å². The predicted molar refractivity (Wildman–Crippen MR) is 143 cm³/mol. The van der Waals surface area contributed by atoms with Gasteiger partial charge < -0.3 is 4.74 Å². The van der Waals surface area contributed by atoms with Gasteiger partial charge in [-0.1, -0.05) is 70.5 Å². The molecular formula is C28H20BrNO5S. The maximum absolute atomic E-state index is 12.8. The minimum Gasteiger partial charge on any atom is -0.465 e. The summed E-state index contributed by atoms with van der Waals surface area (Å²) in [5.74, 6) is -0.932. The molecule has 1 saturated heterocycles. The monoisotopic (exact) mass is 561 g/mol. The first-order valence-corrected chi connectivity index (χ1v) is 12.5. The minimum atomic E-state index is -0.451. The average molecular weight is 562 g/mol. The molecule has 6 nitrogen and oxygen atoms in total. The number of allylic oxidation sites excluding steroid dienone is 1. The molecule has 0 aliphatic carbocycles. The highest BCUT2D eigenvalue weighted by Gasteiger charge is 2.35. The van der Waals surface area contributed by atoms with Crippen molar-refractivity contribution in [1.82, 2.24) is 4.90 Å². The number of nitrogens with zero attached hydrogens (tertiary/aromatic N) is 1. The van der Waals surface area contributed by atoms with Crippen LogP contribution in [0.5, 0.6) is 0 Å². The van der Waals surface area contributed by atoms with Crippen molar-refractivity contribution in [2.75, 3.05) is 7.11 Å². The third kappa shape index (κ3) is 5.90. The number of amides is 2. The Hall–Kier alpha value is -3.75. The first kappa shape index (κ1) is 25.3. The van der Waals surface area contributed by atoms with Gasteiger partial charge in [0.05, 0.1) is 24.1 Å². The van der Waals surface area contributed by atoms with E-state index in [1.807, 2.05) is 42.5 Å². The van der Waals surface area contributed by atoms with Gasteiger partial charge in [0, 0.05) is 10.0 Å². The number of hydrogen-bond acceptors (Lipinski definition) is 6. The number of rotatable bonds is 7. The van der Waals surface area contributed by atoms with Gasteiger partial charge in [-0.05, 0) is 64.9 Å². The Balaban J connectivity index is 1.41. The second-order valence-corrected chi connectivity index (χ2v) is 9.65. The summed E-state index contributed by atoms with van der Waals surface area (Å²) >= 11 is 4.27. The molecule has 0 atom stereocenters. The number of ketones is 1. The number of methoxy groups -OCH3 is 1. The van der Waals surface area contributed by atoms with Crippen LogP contribution in [0.25, 0.3) is 12.2 Å². The number of halogens is 1. The van der Waals surface area contributed by atoms with Crippen molar-refractivity contribution in [3.63, 3.8) is 0 Å². The van der Waals surface area contributed by atoms with E-state index in [9.17, 15) is 19.2 Å². The first-order chi connectivity index (χ1) is 17.4. The van der Waals surface area contributed by atoms with Crippen molar-refractivity contribution in [2.45, 2.75) is 6.54 Å². The van der Waals surface area contributed by atoms with Gasteiger partial charge in [-0.3, -0.25) is 19.3 Å². The molecule has 3 aromatic rings. The van der Waals surface area contributed by atoms with Gasteiger partial charge in [0.15, 0.2) is 5.78 Å². The molecule has 0 N–H and O–H groups in total. The lowest BCUT2D eigenvalue weighted by atomic mass is 10.1. The van der Waals surface area contributed by atoms with E-state index in [-0.39, 0.29) is 23.5 Å². The second-order valence-electron chi connectivity index (χ2n) is 7.80. The number of benzene rings is 3. The first-order valence-electron chi connectivity index (χ1n) is 10.9. The Kier molecular flexibility index (Phi) is 7.97. The molecule has 0 spiro atoms. The number of ether oxygens (including phenoxy) is 1. The summed E-state index contributed by atoms with van der Waals surface area (Å²) in [5.41, 5.74) is 3.29. The Morgan fingerprint density at radius 2 is 1.61 bits per heavy atom. The fraction of sp³-hybridized carbons (Fsp3) is 0.0714. The van der Waals surface area contributed by atoms with E-state index in [0.29, 0.717) is 16.0 Å². The van der Waals surface area contributed by atoms with E-state index >= 15 is 0 Å². The third-order valence-corrected chi connectivity index (χ3v) is 6.99. The minimum absolute atomic E-state index is 0.110. The van der Waals surface area contributed by atoms with Gasteiger partial charge in [-0.15, -0.1) is 0 Å². The summed E-state index contributed by atoms with van der Waals surface area (Å²) in [5, 5.41) is -0.353. The molecule has 1 aliphatic rings. The largest absolute Gasteiger partial charge is 0.465 e. The van der Waals surface area contributed by atoms with Crippen molar-refractivity contribution in [3.05, 3.63) is 116 Å². The van der Waals surface area contributed by atoms with Crippen LogP contribution < -0.4 is 0 Å². The number of carbonyl (C=O) groups excluding carboxylic acids is 4. The van der Waals surface area contributed by atoms with E-state index in [2.05, 4.69) is 20.7 Å². The van der Waals surface area contributed by atoms with Gasteiger partial charge in [-0.25, -0.2) is 4.79 Å². The molecule has 0 radical (unpaired) electrons. The van der Waals surface area contributed by atoms with Gasteiger partial charge in [-0.2, -0.15) is 0 Å². The van der Waals surface area contributed by atoms with Crippen LogP contribution in [0.2, 0.25) is 0 Å². The summed E-state index contributed by atoms with van der Waals surface area (Å²) in [6.45, 7) is 0.110. The SMILES string of the molecule is COC(=O)c1ccc(CN2C(=O)S/C(=C\c3ccc(/C=C/C(=O)c4ccccc4Br)cc3)C2=O)cc1. The van der Waals surface area contributed by atoms with E-state index < -0.39 is 5.97 Å². The van der Waals surface area contributed by atoms with Crippen LogP contribution in [0.15, 0.2) is 88.3 Å². The summed E-state index contributed by atoms with van der Waals surface area (Å²) in [6.07, 6.45) is 4.91. The van der Waals surface area contributed by atoms with Crippen LogP contribution in [0.4, 0.5) is 4.79 Å². The zero-order valence-corrected chi connectivity index (χ0v) is 21.5. The Bertz CT molecular complexity index is 1390. The fourth-order valence-electron chi connectivity index (χ4n) is 3.46. The zero-order valence-electron chi connectivity index (χ0n) is 19.1. The number of carbonyl (C=O) groups is 4. The molecule has 2 amide bonds. The Morgan fingerprint density at radius 1 is 0.944 bits per heavy atom. The maximum atomic E-state index is 12.8. The zero-order chi connectivity index (χ0) is 25.7. The highest BCUT2D eigenvalue weighted by atomic mass is 79.9. The number of esters is 1. The highest BCUT2D eigenvalue weighted by molar-refractivity contribution is 9.10. The Labute approximate surface area is 220 Å². The van der Waals surface area contributed by atoms with Crippen molar-refractivity contribution in [1.29, 1.82) is 0 Å². The molecule has 8 heteroatoms. The normalized spacial score (nSPS) is 14.6. The number of hydrogen-bond donors (Lipinski definition) is 0.